The first kappa shape index (κ1) is 38.7. The Morgan fingerprint density at radius 1 is 1.23 bits per heavy atom. The highest BCUT2D eigenvalue weighted by Crippen LogP contribution is 2.39. The highest BCUT2D eigenvalue weighted by molar-refractivity contribution is 8.07. The van der Waals surface area contributed by atoms with E-state index in [-0.39, 0.29) is 11.9 Å². The molecule has 1 N–H and O–H groups in total. The molecule has 0 aliphatic heterocycles. The number of carbonyl (C=O) groups excluding carboxylic acids is 1. The van der Waals surface area contributed by atoms with Crippen LogP contribution in [0.1, 0.15) is 105 Å². The fourth-order valence-corrected chi connectivity index (χ4v) is 4.26. The van der Waals surface area contributed by atoms with Crippen LogP contribution in [0.3, 0.4) is 0 Å². The van der Waals surface area contributed by atoms with E-state index in [0.717, 1.165) is 28.2 Å². The topological polar surface area (TPSA) is 52.9 Å². The van der Waals surface area contributed by atoms with Gasteiger partial charge in [0.1, 0.15) is 5.41 Å². The largest absolute Gasteiger partial charge is 0.345 e. The average Bonchev–Trinajstić information content (AvgIpc) is 2.94. The van der Waals surface area contributed by atoms with Crippen molar-refractivity contribution in [3.8, 4) is 6.07 Å². The molecule has 3 nitrogen and oxygen atoms in total. The molecule has 0 saturated carbocycles. The summed E-state index contributed by atoms with van der Waals surface area (Å²) in [7, 11) is 2.26. The molecule has 1 aromatic rings. The minimum absolute atomic E-state index is 0.235. The van der Waals surface area contributed by atoms with E-state index in [1.807, 2.05) is 65.8 Å². The SMILES string of the molecule is C/C=C(\SC(=C(C)CC)C(=C/C=C/CC)/C=C(\C)C(C)(F)P)C(C)NC(=O)c1cccc(C#N)c1.CC.CC. The maximum Gasteiger partial charge on any atom is 0.251 e. The number of hydrogen-bond donors (Lipinski definition) is 1. The first-order valence-electron chi connectivity index (χ1n) is 13.9. The standard InChI is InChI=1S/C29H38FN2OPS.2C2H6/c1-8-11-12-15-24(17-21(5)29(7,30)34)27(20(4)9-2)35-26(10-3)22(6)32-28(33)25-16-13-14-23(18-25)19-31;2*1-2/h10-18,22H,8-9,34H2,1-7H3,(H,32,33);2*1-2H3/b12-11+,21-17+,24-15+,26-10-,27-20?;;. The third-order valence-corrected chi connectivity index (χ3v) is 7.57. The number of hydrogen-bond acceptors (Lipinski definition) is 3. The van der Waals surface area contributed by atoms with E-state index in [1.54, 1.807) is 43.0 Å². The Kier molecular flexibility index (Phi) is 21.3. The van der Waals surface area contributed by atoms with Gasteiger partial charge in [-0.2, -0.15) is 5.26 Å². The number of alkyl halides is 1. The van der Waals surface area contributed by atoms with E-state index < -0.39 is 5.41 Å². The Labute approximate surface area is 245 Å². The minimum atomic E-state index is -1.51. The van der Waals surface area contributed by atoms with Crippen molar-refractivity contribution >= 4 is 26.9 Å². The Morgan fingerprint density at radius 2 is 1.85 bits per heavy atom. The molecule has 0 aliphatic rings. The van der Waals surface area contributed by atoms with Crippen molar-refractivity contribution in [1.29, 1.82) is 5.26 Å². The van der Waals surface area contributed by atoms with Crippen molar-refractivity contribution in [1.82, 2.24) is 5.32 Å². The van der Waals surface area contributed by atoms with Crippen LogP contribution >= 0.6 is 21.0 Å². The molecule has 0 fully saturated rings. The average molecular weight is 573 g/mol. The van der Waals surface area contributed by atoms with Crippen LogP contribution in [0, 0.1) is 11.3 Å². The van der Waals surface area contributed by atoms with Crippen molar-refractivity contribution in [3.63, 3.8) is 0 Å². The van der Waals surface area contributed by atoms with Gasteiger partial charge in [0, 0.05) is 15.4 Å². The molecule has 0 heterocycles. The molecule has 3 atom stereocenters. The lowest BCUT2D eigenvalue weighted by Gasteiger charge is -2.22. The lowest BCUT2D eigenvalue weighted by molar-refractivity contribution is 0.0946. The van der Waals surface area contributed by atoms with Crippen molar-refractivity contribution in [3.05, 3.63) is 92.3 Å². The van der Waals surface area contributed by atoms with E-state index in [0.29, 0.717) is 16.7 Å². The van der Waals surface area contributed by atoms with Gasteiger partial charge in [0.2, 0.25) is 0 Å². The van der Waals surface area contributed by atoms with Crippen LogP contribution in [0.25, 0.3) is 0 Å². The Morgan fingerprint density at radius 3 is 2.33 bits per heavy atom. The number of benzene rings is 1. The minimum Gasteiger partial charge on any atom is -0.345 e. The molecule has 3 unspecified atom stereocenters. The van der Waals surface area contributed by atoms with Crippen molar-refractivity contribution in [2.75, 3.05) is 0 Å². The molecule has 6 heteroatoms. The number of allylic oxidation sites excluding steroid dienone is 8. The van der Waals surface area contributed by atoms with Crippen LogP contribution in [0.2, 0.25) is 0 Å². The summed E-state index contributed by atoms with van der Waals surface area (Å²) in [4.78, 5) is 14.9. The summed E-state index contributed by atoms with van der Waals surface area (Å²) in [6.45, 7) is 21.5. The second-order valence-electron chi connectivity index (χ2n) is 8.51. The zero-order valence-electron chi connectivity index (χ0n) is 25.9. The van der Waals surface area contributed by atoms with E-state index in [2.05, 4.69) is 47.5 Å². The molecule has 1 amide bonds. The van der Waals surface area contributed by atoms with E-state index >= 15 is 0 Å². The van der Waals surface area contributed by atoms with Crippen LogP contribution < -0.4 is 5.32 Å². The summed E-state index contributed by atoms with van der Waals surface area (Å²) in [6, 6.07) is 8.47. The Bertz CT molecular complexity index is 1090. The molecular weight excluding hydrogens is 522 g/mol. The zero-order valence-corrected chi connectivity index (χ0v) is 27.9. The third kappa shape index (κ3) is 14.5. The van der Waals surface area contributed by atoms with Gasteiger partial charge in [0.15, 0.2) is 0 Å². The molecule has 0 bridgehead atoms. The number of nitrogens with one attached hydrogen (secondary N) is 1. The second kappa shape index (κ2) is 21.4. The monoisotopic (exact) mass is 572 g/mol. The number of rotatable bonds is 11. The number of nitrogens with zero attached hydrogens (tertiary/aromatic N) is 1. The van der Waals surface area contributed by atoms with Gasteiger partial charge in [-0.1, -0.05) is 105 Å². The molecule has 0 saturated heterocycles. The summed E-state index contributed by atoms with van der Waals surface area (Å²) in [6.07, 6.45) is 11.7. The lowest BCUT2D eigenvalue weighted by Crippen LogP contribution is -2.33. The summed E-state index contributed by atoms with van der Waals surface area (Å²) in [5.41, 5.74) is 3.62. The Hall–Kier alpha value is -2.41. The molecule has 1 rings (SSSR count). The van der Waals surface area contributed by atoms with E-state index in [1.165, 1.54) is 12.5 Å². The quantitative estimate of drug-likeness (QED) is 0.212. The number of amides is 1. The number of carbonyl (C=O) groups is 1. The summed E-state index contributed by atoms with van der Waals surface area (Å²) in [5.74, 6) is -0.235. The molecular formula is C33H50FN2OPS. The third-order valence-electron chi connectivity index (χ3n) is 5.50. The number of thioether (sulfide) groups is 1. The van der Waals surface area contributed by atoms with E-state index in [4.69, 9.17) is 5.26 Å². The highest BCUT2D eigenvalue weighted by atomic mass is 32.2. The summed E-state index contributed by atoms with van der Waals surface area (Å²) < 4.78 is 14.6. The summed E-state index contributed by atoms with van der Waals surface area (Å²) in [5, 5.41) is 10.7. The van der Waals surface area contributed by atoms with Gasteiger partial charge in [-0.25, -0.2) is 4.39 Å². The predicted octanol–water partition coefficient (Wildman–Crippen LogP) is 10.4. The zero-order chi connectivity index (χ0) is 30.6. The van der Waals surface area contributed by atoms with Gasteiger partial charge in [0.25, 0.3) is 5.91 Å². The van der Waals surface area contributed by atoms with Gasteiger partial charge < -0.3 is 5.32 Å². The molecule has 39 heavy (non-hydrogen) atoms. The fourth-order valence-electron chi connectivity index (χ4n) is 3.02. The molecule has 0 aliphatic carbocycles. The Balaban J connectivity index is 0. The van der Waals surface area contributed by atoms with Crippen LogP contribution in [0.5, 0.6) is 0 Å². The molecule has 216 valence electrons. The first-order chi connectivity index (χ1) is 18.5. The second-order valence-corrected chi connectivity index (χ2v) is 10.7. The smallest absolute Gasteiger partial charge is 0.251 e. The lowest BCUT2D eigenvalue weighted by atomic mass is 10.0. The molecule has 0 radical (unpaired) electrons. The maximum absolute atomic E-state index is 14.6. The fraction of sp³-hybridized carbons (Fsp3) is 0.455. The van der Waals surface area contributed by atoms with Crippen molar-refractivity contribution in [2.24, 2.45) is 0 Å². The molecule has 0 spiro atoms. The normalized spacial score (nSPS) is 15.0. The molecule has 0 aromatic heterocycles. The first-order valence-corrected chi connectivity index (χ1v) is 15.3. The number of nitriles is 1. The van der Waals surface area contributed by atoms with Crippen molar-refractivity contribution in [2.45, 2.75) is 100 Å². The van der Waals surface area contributed by atoms with Crippen LogP contribution in [-0.4, -0.2) is 17.4 Å². The van der Waals surface area contributed by atoms with Gasteiger partial charge >= 0.3 is 0 Å². The van der Waals surface area contributed by atoms with Gasteiger partial charge in [-0.3, -0.25) is 4.79 Å². The van der Waals surface area contributed by atoms with Gasteiger partial charge in [-0.15, -0.1) is 0 Å². The van der Waals surface area contributed by atoms with Crippen LogP contribution in [-0.2, 0) is 0 Å². The summed E-state index contributed by atoms with van der Waals surface area (Å²) >= 11 is 1.59. The maximum atomic E-state index is 14.6. The highest BCUT2D eigenvalue weighted by Gasteiger charge is 2.21. The van der Waals surface area contributed by atoms with Gasteiger partial charge in [0.05, 0.1) is 17.7 Å². The van der Waals surface area contributed by atoms with Crippen LogP contribution in [0.4, 0.5) is 4.39 Å². The predicted molar refractivity (Wildman–Crippen MR) is 176 cm³/mol. The van der Waals surface area contributed by atoms with Gasteiger partial charge in [-0.05, 0) is 76.8 Å². The molecule has 1 aromatic carbocycles. The van der Waals surface area contributed by atoms with Crippen LogP contribution in [0.15, 0.2) is 81.2 Å². The number of halogens is 1. The van der Waals surface area contributed by atoms with Crippen molar-refractivity contribution < 1.29 is 9.18 Å². The van der Waals surface area contributed by atoms with E-state index in [9.17, 15) is 9.18 Å².